The molecule has 10 nitrogen and oxygen atoms in total. The summed E-state index contributed by atoms with van der Waals surface area (Å²) in [5.74, 6) is 1.79. The molecule has 0 saturated carbocycles. The molecule has 1 amide bonds. The number of nitrogens with zero attached hydrogens (tertiary/aromatic N) is 4. The van der Waals surface area contributed by atoms with E-state index in [1.54, 1.807) is 29.2 Å². The van der Waals surface area contributed by atoms with Crippen LogP contribution in [-0.2, 0) is 9.53 Å². The molecule has 0 atom stereocenters. The van der Waals surface area contributed by atoms with Crippen molar-refractivity contribution < 1.29 is 23.7 Å². The van der Waals surface area contributed by atoms with Crippen molar-refractivity contribution in [3.05, 3.63) is 80.6 Å². The number of carbonyl (C=O) groups is 1. The average molecular weight is 633 g/mol. The molecule has 0 unspecified atom stereocenters. The highest BCUT2D eigenvalue weighted by molar-refractivity contribution is 6.32. The summed E-state index contributed by atoms with van der Waals surface area (Å²) < 4.78 is 23.9. The molecule has 1 aliphatic heterocycles. The van der Waals surface area contributed by atoms with E-state index in [-0.39, 0.29) is 34.8 Å². The van der Waals surface area contributed by atoms with Gasteiger partial charge in [-0.15, -0.1) is 0 Å². The Labute approximate surface area is 267 Å². The zero-order chi connectivity index (χ0) is 32.1. The van der Waals surface area contributed by atoms with Crippen molar-refractivity contribution in [1.82, 2.24) is 14.6 Å². The summed E-state index contributed by atoms with van der Waals surface area (Å²) in [6.07, 6.45) is 1.52. The molecule has 0 aliphatic carbocycles. The molecule has 45 heavy (non-hydrogen) atoms. The van der Waals surface area contributed by atoms with Crippen molar-refractivity contribution in [1.29, 1.82) is 0 Å². The highest BCUT2D eigenvalue weighted by Crippen LogP contribution is 2.37. The second-order valence-electron chi connectivity index (χ2n) is 10.9. The molecule has 4 aromatic rings. The molecule has 0 spiro atoms. The van der Waals surface area contributed by atoms with Gasteiger partial charge in [0.15, 0.2) is 23.9 Å². The monoisotopic (exact) mass is 632 g/mol. The Balaban J connectivity index is 1.54. The van der Waals surface area contributed by atoms with E-state index in [0.29, 0.717) is 61.0 Å². The van der Waals surface area contributed by atoms with E-state index in [1.165, 1.54) is 18.0 Å². The first-order chi connectivity index (χ1) is 21.7. The highest BCUT2D eigenvalue weighted by Gasteiger charge is 2.21. The third-order valence-corrected chi connectivity index (χ3v) is 7.83. The minimum atomic E-state index is -0.314. The molecule has 0 N–H and O–H groups in total. The van der Waals surface area contributed by atoms with Gasteiger partial charge >= 0.3 is 0 Å². The fourth-order valence-electron chi connectivity index (χ4n) is 5.19. The lowest BCUT2D eigenvalue weighted by Gasteiger charge is -2.26. The standard InChI is InChI=1S/C34H37ClN4O6/c1-6-44-29-15-22(4)26(18-25(29)21(2)3)33-37-28-10-8-7-9-24(28)34(41)39(33)36-19-23-16-27(35)32(30(17-23)42-5)45-20-31(40)38-11-13-43-14-12-38/h7-10,15-19,21H,6,11-14,20H2,1-5H3. The number of hydrogen-bond donors (Lipinski definition) is 0. The first-order valence-corrected chi connectivity index (χ1v) is 15.3. The average Bonchev–Trinajstić information content (AvgIpc) is 3.04. The largest absolute Gasteiger partial charge is 0.494 e. The fourth-order valence-corrected chi connectivity index (χ4v) is 5.47. The molecule has 0 radical (unpaired) electrons. The van der Waals surface area contributed by atoms with Crippen molar-refractivity contribution in [2.45, 2.75) is 33.6 Å². The lowest BCUT2D eigenvalue weighted by Crippen LogP contribution is -2.43. The number of morpholine rings is 1. The van der Waals surface area contributed by atoms with E-state index in [4.69, 9.17) is 35.5 Å². The molecule has 2 heterocycles. The summed E-state index contributed by atoms with van der Waals surface area (Å²) in [5.41, 5.74) is 3.49. The number of methoxy groups -OCH3 is 1. The molecule has 11 heteroatoms. The third kappa shape index (κ3) is 6.97. The zero-order valence-electron chi connectivity index (χ0n) is 26.1. The van der Waals surface area contributed by atoms with Crippen LogP contribution in [-0.4, -0.2) is 73.3 Å². The van der Waals surface area contributed by atoms with Gasteiger partial charge in [0.2, 0.25) is 0 Å². The topological polar surface area (TPSA) is 104 Å². The van der Waals surface area contributed by atoms with Gasteiger partial charge in [-0.1, -0.05) is 37.6 Å². The predicted octanol–water partition coefficient (Wildman–Crippen LogP) is 5.68. The van der Waals surface area contributed by atoms with Crippen LogP contribution < -0.4 is 19.8 Å². The van der Waals surface area contributed by atoms with E-state index in [2.05, 4.69) is 18.9 Å². The van der Waals surface area contributed by atoms with E-state index in [9.17, 15) is 9.59 Å². The summed E-state index contributed by atoms with van der Waals surface area (Å²) >= 11 is 6.60. The van der Waals surface area contributed by atoms with Crippen LogP contribution in [0.2, 0.25) is 5.02 Å². The number of benzene rings is 3. The minimum Gasteiger partial charge on any atom is -0.494 e. The molecular weight excluding hydrogens is 596 g/mol. The third-order valence-electron chi connectivity index (χ3n) is 7.55. The van der Waals surface area contributed by atoms with Crippen LogP contribution in [0.3, 0.4) is 0 Å². The SMILES string of the molecule is CCOc1cc(C)c(-c2nc3ccccc3c(=O)n2N=Cc2cc(Cl)c(OCC(=O)N3CCOCC3)c(OC)c2)cc1C(C)C. The van der Waals surface area contributed by atoms with Gasteiger partial charge in [0.1, 0.15) is 5.75 Å². The number of aromatic nitrogens is 2. The number of fused-ring (bicyclic) bond motifs is 1. The maximum Gasteiger partial charge on any atom is 0.282 e. The first-order valence-electron chi connectivity index (χ1n) is 14.9. The Morgan fingerprint density at radius 3 is 2.58 bits per heavy atom. The first kappa shape index (κ1) is 32.0. The van der Waals surface area contributed by atoms with Gasteiger partial charge in [0, 0.05) is 18.7 Å². The van der Waals surface area contributed by atoms with Crippen LogP contribution in [0.5, 0.6) is 17.2 Å². The van der Waals surface area contributed by atoms with Crippen molar-refractivity contribution in [2.24, 2.45) is 5.10 Å². The number of amides is 1. The molecule has 1 aromatic heterocycles. The van der Waals surface area contributed by atoms with Gasteiger partial charge in [-0.3, -0.25) is 9.59 Å². The summed E-state index contributed by atoms with van der Waals surface area (Å²) in [5, 5.41) is 5.29. The van der Waals surface area contributed by atoms with Gasteiger partial charge in [-0.25, -0.2) is 4.98 Å². The van der Waals surface area contributed by atoms with Gasteiger partial charge in [0.05, 0.1) is 49.1 Å². The van der Waals surface area contributed by atoms with Crippen LogP contribution >= 0.6 is 11.6 Å². The van der Waals surface area contributed by atoms with Gasteiger partial charge in [-0.2, -0.15) is 9.78 Å². The highest BCUT2D eigenvalue weighted by atomic mass is 35.5. The number of ether oxygens (including phenoxy) is 4. The Bertz CT molecular complexity index is 1800. The minimum absolute atomic E-state index is 0.164. The molecule has 0 bridgehead atoms. The summed E-state index contributed by atoms with van der Waals surface area (Å²) in [7, 11) is 1.49. The number of carbonyl (C=O) groups excluding carboxylic acids is 1. The van der Waals surface area contributed by atoms with Crippen molar-refractivity contribution in [3.63, 3.8) is 0 Å². The van der Waals surface area contributed by atoms with Gasteiger partial charge in [0.25, 0.3) is 11.5 Å². The van der Waals surface area contributed by atoms with Crippen LogP contribution in [0.15, 0.2) is 58.4 Å². The molecule has 1 aliphatic rings. The second kappa shape index (κ2) is 14.1. The van der Waals surface area contributed by atoms with Crippen molar-refractivity contribution in [3.8, 4) is 28.6 Å². The molecule has 1 saturated heterocycles. The molecule has 1 fully saturated rings. The summed E-state index contributed by atoms with van der Waals surface area (Å²) in [6.45, 7) is 10.5. The Kier molecular flexibility index (Phi) is 10.0. The van der Waals surface area contributed by atoms with Crippen LogP contribution in [0.25, 0.3) is 22.3 Å². The smallest absolute Gasteiger partial charge is 0.282 e. The maximum absolute atomic E-state index is 13.8. The van der Waals surface area contributed by atoms with E-state index in [0.717, 1.165) is 22.4 Å². The van der Waals surface area contributed by atoms with E-state index in [1.807, 2.05) is 38.1 Å². The molecule has 3 aromatic carbocycles. The van der Waals surface area contributed by atoms with Crippen LogP contribution in [0.4, 0.5) is 0 Å². The number of halogens is 1. The number of aryl methyl sites for hydroxylation is 1. The Hall–Kier alpha value is -4.41. The van der Waals surface area contributed by atoms with Crippen LogP contribution in [0, 0.1) is 6.92 Å². The predicted molar refractivity (Wildman–Crippen MR) is 175 cm³/mol. The number of rotatable bonds is 10. The number of para-hydroxylation sites is 1. The quantitative estimate of drug-likeness (QED) is 0.207. The van der Waals surface area contributed by atoms with Gasteiger partial charge < -0.3 is 23.8 Å². The van der Waals surface area contributed by atoms with E-state index >= 15 is 0 Å². The second-order valence-corrected chi connectivity index (χ2v) is 11.3. The summed E-state index contributed by atoms with van der Waals surface area (Å²) in [6, 6.07) is 14.5. The number of hydrogen-bond acceptors (Lipinski definition) is 8. The maximum atomic E-state index is 13.8. The zero-order valence-corrected chi connectivity index (χ0v) is 26.9. The summed E-state index contributed by atoms with van der Waals surface area (Å²) in [4.78, 5) is 33.0. The van der Waals surface area contributed by atoms with Gasteiger partial charge in [-0.05, 0) is 72.9 Å². The van der Waals surface area contributed by atoms with E-state index < -0.39 is 0 Å². The normalized spacial score (nSPS) is 13.5. The molecular formula is C34H37ClN4O6. The molecule has 5 rings (SSSR count). The Morgan fingerprint density at radius 1 is 1.11 bits per heavy atom. The molecule has 236 valence electrons. The Morgan fingerprint density at radius 2 is 1.87 bits per heavy atom. The van der Waals surface area contributed by atoms with Crippen LogP contribution in [0.1, 0.15) is 43.4 Å². The lowest BCUT2D eigenvalue weighted by atomic mass is 9.96. The fraction of sp³-hybridized carbons (Fsp3) is 0.353. The van der Waals surface area contributed by atoms with Crippen molar-refractivity contribution in [2.75, 3.05) is 46.6 Å². The van der Waals surface area contributed by atoms with Crippen molar-refractivity contribution >= 4 is 34.6 Å². The lowest BCUT2D eigenvalue weighted by molar-refractivity contribution is -0.137.